The molecule has 0 radical (unpaired) electrons. The first-order chi connectivity index (χ1) is 10.1. The highest BCUT2D eigenvalue weighted by atomic mass is 32.1. The number of aromatic nitrogens is 3. The van der Waals surface area contributed by atoms with Crippen molar-refractivity contribution in [2.75, 3.05) is 6.61 Å². The summed E-state index contributed by atoms with van der Waals surface area (Å²) >= 11 is 1.26. The van der Waals surface area contributed by atoms with E-state index in [1.807, 2.05) is 13.8 Å². The zero-order chi connectivity index (χ0) is 15.2. The summed E-state index contributed by atoms with van der Waals surface area (Å²) in [4.78, 5) is 25.1. The van der Waals surface area contributed by atoms with Gasteiger partial charge < -0.3 is 10.4 Å². The Hall–Kier alpha value is -1.86. The van der Waals surface area contributed by atoms with Crippen molar-refractivity contribution < 1.29 is 9.90 Å². The van der Waals surface area contributed by atoms with Crippen molar-refractivity contribution in [1.29, 1.82) is 0 Å². The van der Waals surface area contributed by atoms with E-state index in [1.165, 1.54) is 17.5 Å². The number of carbonyl (C=O) groups excluding carboxylic acids is 1. The van der Waals surface area contributed by atoms with Crippen molar-refractivity contribution in [3.8, 4) is 10.8 Å². The summed E-state index contributed by atoms with van der Waals surface area (Å²) in [6, 6.07) is 1.67. The minimum atomic E-state index is -0.179. The van der Waals surface area contributed by atoms with Gasteiger partial charge in [0.15, 0.2) is 10.8 Å². The molecule has 0 spiro atoms. The van der Waals surface area contributed by atoms with Crippen LogP contribution in [0.3, 0.4) is 0 Å². The highest BCUT2D eigenvalue weighted by Gasteiger charge is 2.19. The maximum atomic E-state index is 12.2. The molecule has 0 aliphatic rings. The molecule has 2 rings (SSSR count). The number of nitrogens with one attached hydrogen (secondary N) is 1. The molecule has 0 aromatic carbocycles. The second-order valence-electron chi connectivity index (χ2n) is 4.94. The van der Waals surface area contributed by atoms with E-state index < -0.39 is 0 Å². The fourth-order valence-electron chi connectivity index (χ4n) is 1.84. The Morgan fingerprint density at radius 3 is 2.67 bits per heavy atom. The van der Waals surface area contributed by atoms with Crippen molar-refractivity contribution in [3.05, 3.63) is 29.5 Å². The van der Waals surface area contributed by atoms with Crippen LogP contribution in [-0.4, -0.2) is 38.6 Å². The molecular weight excluding hydrogens is 288 g/mol. The lowest BCUT2D eigenvalue weighted by Crippen LogP contribution is -2.38. The number of nitrogens with zero attached hydrogens (tertiary/aromatic N) is 3. The Morgan fingerprint density at radius 1 is 1.33 bits per heavy atom. The predicted octanol–water partition coefficient (Wildman–Crippen LogP) is 1.74. The van der Waals surface area contributed by atoms with Gasteiger partial charge in [-0.15, -0.1) is 11.3 Å². The van der Waals surface area contributed by atoms with E-state index in [1.54, 1.807) is 18.5 Å². The normalized spacial score (nSPS) is 12.4. The molecule has 1 amide bonds. The van der Waals surface area contributed by atoms with Gasteiger partial charge in [-0.25, -0.2) is 15.0 Å². The maximum Gasteiger partial charge on any atom is 0.263 e. The van der Waals surface area contributed by atoms with E-state index in [0.29, 0.717) is 22.1 Å². The molecule has 6 nitrogen and oxygen atoms in total. The average Bonchev–Trinajstić information content (AvgIpc) is 2.97. The predicted molar refractivity (Wildman–Crippen MR) is 80.9 cm³/mol. The number of aliphatic hydroxyl groups excluding tert-OH is 1. The standard InChI is InChI=1S/C14H18N4O2S/c1-9(2)10(4-7-19)18-13(20)11-8-17-14(21-11)12-15-5-3-6-16-12/h3,5-6,8-10,19H,4,7H2,1-2H3,(H,18,20). The first-order valence-corrected chi connectivity index (χ1v) is 7.58. The van der Waals surface area contributed by atoms with Crippen LogP contribution in [0.2, 0.25) is 0 Å². The molecular formula is C14H18N4O2S. The number of carbonyl (C=O) groups is 1. The molecule has 0 saturated carbocycles. The number of hydrogen-bond acceptors (Lipinski definition) is 6. The molecule has 7 heteroatoms. The minimum absolute atomic E-state index is 0.0505. The van der Waals surface area contributed by atoms with E-state index in [4.69, 9.17) is 5.11 Å². The van der Waals surface area contributed by atoms with Crippen molar-refractivity contribution in [2.45, 2.75) is 26.3 Å². The highest BCUT2D eigenvalue weighted by Crippen LogP contribution is 2.21. The van der Waals surface area contributed by atoms with Gasteiger partial charge in [-0.3, -0.25) is 4.79 Å². The van der Waals surface area contributed by atoms with Gasteiger partial charge in [-0.2, -0.15) is 0 Å². The molecule has 2 aromatic rings. The van der Waals surface area contributed by atoms with Crippen molar-refractivity contribution in [2.24, 2.45) is 5.92 Å². The summed E-state index contributed by atoms with van der Waals surface area (Å²) in [6.45, 7) is 4.07. The van der Waals surface area contributed by atoms with Gasteiger partial charge in [0, 0.05) is 25.0 Å². The fourth-order valence-corrected chi connectivity index (χ4v) is 2.61. The second-order valence-corrected chi connectivity index (χ2v) is 5.97. The van der Waals surface area contributed by atoms with Crippen LogP contribution in [0.4, 0.5) is 0 Å². The van der Waals surface area contributed by atoms with E-state index in [0.717, 1.165) is 0 Å². The minimum Gasteiger partial charge on any atom is -0.396 e. The van der Waals surface area contributed by atoms with Crippen LogP contribution >= 0.6 is 11.3 Å². The summed E-state index contributed by atoms with van der Waals surface area (Å²) in [5.41, 5.74) is 0. The van der Waals surface area contributed by atoms with Crippen LogP contribution < -0.4 is 5.32 Å². The first kappa shape index (κ1) is 15.5. The lowest BCUT2D eigenvalue weighted by atomic mass is 10.0. The summed E-state index contributed by atoms with van der Waals surface area (Å²) < 4.78 is 0. The van der Waals surface area contributed by atoms with Gasteiger partial charge in [-0.1, -0.05) is 13.8 Å². The topological polar surface area (TPSA) is 88.0 Å². The number of thiazole rings is 1. The molecule has 1 atom stereocenters. The van der Waals surface area contributed by atoms with E-state index in [9.17, 15) is 4.79 Å². The Labute approximate surface area is 127 Å². The first-order valence-electron chi connectivity index (χ1n) is 6.76. The van der Waals surface area contributed by atoms with Crippen LogP contribution in [0.1, 0.15) is 29.9 Å². The highest BCUT2D eigenvalue weighted by molar-refractivity contribution is 7.16. The van der Waals surface area contributed by atoms with Crippen molar-refractivity contribution in [3.63, 3.8) is 0 Å². The molecule has 0 aliphatic heterocycles. The quantitative estimate of drug-likeness (QED) is 0.848. The molecule has 2 heterocycles. The molecule has 21 heavy (non-hydrogen) atoms. The van der Waals surface area contributed by atoms with Gasteiger partial charge in [0.05, 0.1) is 6.20 Å². The summed E-state index contributed by atoms with van der Waals surface area (Å²) in [6.07, 6.45) is 5.35. The summed E-state index contributed by atoms with van der Waals surface area (Å²) in [5, 5.41) is 12.6. The smallest absolute Gasteiger partial charge is 0.263 e. The SMILES string of the molecule is CC(C)C(CCO)NC(=O)c1cnc(-c2ncccn2)s1. The molecule has 112 valence electrons. The van der Waals surface area contributed by atoms with Crippen LogP contribution in [0, 0.1) is 5.92 Å². The number of rotatable bonds is 6. The zero-order valence-corrected chi connectivity index (χ0v) is 12.8. The maximum absolute atomic E-state index is 12.2. The third-order valence-electron chi connectivity index (χ3n) is 3.05. The molecule has 2 aromatic heterocycles. The molecule has 0 saturated heterocycles. The Morgan fingerprint density at radius 2 is 2.05 bits per heavy atom. The molecule has 1 unspecified atom stereocenters. The van der Waals surface area contributed by atoms with Gasteiger partial charge >= 0.3 is 0 Å². The van der Waals surface area contributed by atoms with Gasteiger partial charge in [0.1, 0.15) is 4.88 Å². The lowest BCUT2D eigenvalue weighted by Gasteiger charge is -2.20. The molecule has 0 fully saturated rings. The number of amides is 1. The van der Waals surface area contributed by atoms with Crippen LogP contribution in [0.25, 0.3) is 10.8 Å². The van der Waals surface area contributed by atoms with Gasteiger partial charge in [-0.05, 0) is 18.4 Å². The van der Waals surface area contributed by atoms with Gasteiger partial charge in [0.2, 0.25) is 0 Å². The van der Waals surface area contributed by atoms with E-state index in [2.05, 4.69) is 20.3 Å². The monoisotopic (exact) mass is 306 g/mol. The second kappa shape index (κ2) is 7.24. The summed E-state index contributed by atoms with van der Waals surface area (Å²) in [5.74, 6) is 0.588. The third kappa shape index (κ3) is 4.05. The summed E-state index contributed by atoms with van der Waals surface area (Å²) in [7, 11) is 0. The van der Waals surface area contributed by atoms with Crippen molar-refractivity contribution in [1.82, 2.24) is 20.3 Å². The third-order valence-corrected chi connectivity index (χ3v) is 4.04. The van der Waals surface area contributed by atoms with E-state index in [-0.39, 0.29) is 24.5 Å². The van der Waals surface area contributed by atoms with Crippen LogP contribution in [0.5, 0.6) is 0 Å². The Kier molecular flexibility index (Phi) is 5.35. The van der Waals surface area contributed by atoms with Crippen LogP contribution in [-0.2, 0) is 0 Å². The molecule has 0 bridgehead atoms. The van der Waals surface area contributed by atoms with E-state index >= 15 is 0 Å². The fraction of sp³-hybridized carbons (Fsp3) is 0.429. The Bertz CT molecular complexity index is 586. The number of hydrogen-bond donors (Lipinski definition) is 2. The van der Waals surface area contributed by atoms with Gasteiger partial charge in [0.25, 0.3) is 5.91 Å². The Balaban J connectivity index is 2.08. The van der Waals surface area contributed by atoms with Crippen molar-refractivity contribution >= 4 is 17.2 Å². The largest absolute Gasteiger partial charge is 0.396 e. The zero-order valence-electron chi connectivity index (χ0n) is 12.0. The lowest BCUT2D eigenvalue weighted by molar-refractivity contribution is 0.0920. The number of aliphatic hydroxyl groups is 1. The molecule has 2 N–H and O–H groups in total. The van der Waals surface area contributed by atoms with Crippen LogP contribution in [0.15, 0.2) is 24.7 Å². The average molecular weight is 306 g/mol. The molecule has 0 aliphatic carbocycles.